The quantitative estimate of drug-likeness (QED) is 0.841. The zero-order chi connectivity index (χ0) is 15.2. The second-order valence-electron chi connectivity index (χ2n) is 5.89. The number of nitrogens with zero attached hydrogens (tertiary/aromatic N) is 2. The molecule has 0 spiro atoms. The van der Waals surface area contributed by atoms with Gasteiger partial charge in [0.2, 0.25) is 11.8 Å². The van der Waals surface area contributed by atoms with Crippen molar-refractivity contribution in [3.05, 3.63) is 40.3 Å². The van der Waals surface area contributed by atoms with Crippen LogP contribution in [-0.4, -0.2) is 26.9 Å². The smallest absolute Gasteiger partial charge is 0.272 e. The van der Waals surface area contributed by atoms with E-state index in [1.54, 1.807) is 38.1 Å². The maximum atomic E-state index is 12.3. The van der Waals surface area contributed by atoms with E-state index in [1.165, 1.54) is 4.90 Å². The first-order valence-electron chi connectivity index (χ1n) is 6.71. The molecule has 6 nitrogen and oxygen atoms in total. The molecular formula is C15H15N3O3. The first-order chi connectivity index (χ1) is 9.90. The number of hydrogen-bond acceptors (Lipinski definition) is 4. The average molecular weight is 285 g/mol. The highest BCUT2D eigenvalue weighted by atomic mass is 16.2. The zero-order valence-corrected chi connectivity index (χ0v) is 11.8. The number of H-pyrrole nitrogens is 1. The maximum Gasteiger partial charge on any atom is 0.272 e. The molecule has 0 radical (unpaired) electrons. The Morgan fingerprint density at radius 2 is 1.86 bits per heavy atom. The van der Waals surface area contributed by atoms with Crippen molar-refractivity contribution in [2.45, 2.75) is 26.8 Å². The highest BCUT2D eigenvalue weighted by Gasteiger charge is 2.44. The SMILES string of the molecule is CC1(C)CC(=O)N(Cc2n[nH]c(=O)c3ccccc23)C1=O. The lowest BCUT2D eigenvalue weighted by molar-refractivity contribution is -0.141. The zero-order valence-electron chi connectivity index (χ0n) is 11.8. The molecule has 2 heterocycles. The number of carbonyl (C=O) groups excluding carboxylic acids is 2. The van der Waals surface area contributed by atoms with E-state index in [4.69, 9.17) is 0 Å². The molecule has 0 bridgehead atoms. The lowest BCUT2D eigenvalue weighted by Crippen LogP contribution is -2.33. The Morgan fingerprint density at radius 1 is 1.19 bits per heavy atom. The molecule has 1 aromatic heterocycles. The molecular weight excluding hydrogens is 270 g/mol. The van der Waals surface area contributed by atoms with Gasteiger partial charge in [-0.1, -0.05) is 32.0 Å². The van der Waals surface area contributed by atoms with Crippen LogP contribution in [0.25, 0.3) is 10.8 Å². The second kappa shape index (κ2) is 4.51. The third-order valence-electron chi connectivity index (χ3n) is 3.80. The third kappa shape index (κ3) is 2.12. The van der Waals surface area contributed by atoms with Gasteiger partial charge in [-0.15, -0.1) is 0 Å². The lowest BCUT2D eigenvalue weighted by atomic mass is 9.92. The van der Waals surface area contributed by atoms with Crippen LogP contribution in [0.4, 0.5) is 0 Å². The van der Waals surface area contributed by atoms with Gasteiger partial charge in [-0.2, -0.15) is 5.10 Å². The van der Waals surface area contributed by atoms with Crippen molar-refractivity contribution in [2.24, 2.45) is 5.41 Å². The van der Waals surface area contributed by atoms with Crippen LogP contribution in [0.15, 0.2) is 29.1 Å². The molecule has 0 atom stereocenters. The predicted molar refractivity (Wildman–Crippen MR) is 76.3 cm³/mol. The topological polar surface area (TPSA) is 83.1 Å². The number of aromatic nitrogens is 2. The van der Waals surface area contributed by atoms with E-state index in [9.17, 15) is 14.4 Å². The van der Waals surface area contributed by atoms with Crippen molar-refractivity contribution in [1.29, 1.82) is 0 Å². The lowest BCUT2D eigenvalue weighted by Gasteiger charge is -2.17. The molecule has 0 saturated carbocycles. The first-order valence-corrected chi connectivity index (χ1v) is 6.71. The van der Waals surface area contributed by atoms with Gasteiger partial charge < -0.3 is 0 Å². The van der Waals surface area contributed by atoms with Crippen LogP contribution < -0.4 is 5.56 Å². The molecule has 1 aliphatic rings. The molecule has 6 heteroatoms. The monoisotopic (exact) mass is 285 g/mol. The van der Waals surface area contributed by atoms with Gasteiger partial charge in [0.05, 0.1) is 23.0 Å². The van der Waals surface area contributed by atoms with E-state index in [2.05, 4.69) is 10.2 Å². The van der Waals surface area contributed by atoms with E-state index in [1.807, 2.05) is 0 Å². The number of carbonyl (C=O) groups is 2. The molecule has 1 aromatic carbocycles. The molecule has 108 valence electrons. The predicted octanol–water partition coefficient (Wildman–Crippen LogP) is 1.21. The van der Waals surface area contributed by atoms with Crippen molar-refractivity contribution in [1.82, 2.24) is 15.1 Å². The summed E-state index contributed by atoms with van der Waals surface area (Å²) in [5.41, 5.74) is -0.437. The van der Waals surface area contributed by atoms with E-state index >= 15 is 0 Å². The number of likely N-dealkylation sites (tertiary alicyclic amines) is 1. The molecule has 2 amide bonds. The summed E-state index contributed by atoms with van der Waals surface area (Å²) in [7, 11) is 0. The molecule has 3 rings (SSSR count). The minimum Gasteiger partial charge on any atom is -0.276 e. The van der Waals surface area contributed by atoms with Crippen LogP contribution in [0.3, 0.4) is 0 Å². The Hall–Kier alpha value is -2.50. The summed E-state index contributed by atoms with van der Waals surface area (Å²) in [6.45, 7) is 3.59. The fourth-order valence-electron chi connectivity index (χ4n) is 2.63. The van der Waals surface area contributed by atoms with Gasteiger partial charge in [-0.25, -0.2) is 5.10 Å². The highest BCUT2D eigenvalue weighted by Crippen LogP contribution is 2.32. The number of aromatic amines is 1. The van der Waals surface area contributed by atoms with Crippen LogP contribution in [-0.2, 0) is 16.1 Å². The van der Waals surface area contributed by atoms with Gasteiger partial charge in [-0.05, 0) is 6.07 Å². The molecule has 2 aromatic rings. The highest BCUT2D eigenvalue weighted by molar-refractivity contribution is 6.05. The van der Waals surface area contributed by atoms with E-state index < -0.39 is 5.41 Å². The molecule has 1 fully saturated rings. The minimum absolute atomic E-state index is 0.0817. The number of hydrogen-bond donors (Lipinski definition) is 1. The average Bonchev–Trinajstić information content (AvgIpc) is 2.64. The van der Waals surface area contributed by atoms with E-state index in [0.717, 1.165) is 0 Å². The molecule has 0 unspecified atom stereocenters. The summed E-state index contributed by atoms with van der Waals surface area (Å²) in [5.74, 6) is -0.410. The number of rotatable bonds is 2. The van der Waals surface area contributed by atoms with Crippen LogP contribution in [0, 0.1) is 5.41 Å². The number of benzene rings is 1. The largest absolute Gasteiger partial charge is 0.276 e. The van der Waals surface area contributed by atoms with Crippen LogP contribution in [0.5, 0.6) is 0 Å². The van der Waals surface area contributed by atoms with Crippen molar-refractivity contribution >= 4 is 22.6 Å². The normalized spacial score (nSPS) is 17.7. The van der Waals surface area contributed by atoms with Crippen molar-refractivity contribution in [2.75, 3.05) is 0 Å². The summed E-state index contributed by atoms with van der Waals surface area (Å²) in [6, 6.07) is 7.02. The summed E-state index contributed by atoms with van der Waals surface area (Å²) >= 11 is 0. The van der Waals surface area contributed by atoms with Gasteiger partial charge >= 0.3 is 0 Å². The van der Waals surface area contributed by atoms with Crippen LogP contribution in [0.2, 0.25) is 0 Å². The van der Waals surface area contributed by atoms with E-state index in [-0.39, 0.29) is 30.3 Å². The van der Waals surface area contributed by atoms with Gasteiger partial charge in [0.15, 0.2) is 0 Å². The summed E-state index contributed by atoms with van der Waals surface area (Å²) < 4.78 is 0. The number of nitrogens with one attached hydrogen (secondary N) is 1. The molecule has 0 aliphatic carbocycles. The third-order valence-corrected chi connectivity index (χ3v) is 3.80. The number of amides is 2. The summed E-state index contributed by atoms with van der Waals surface area (Å²) in [5, 5.41) is 7.57. The molecule has 1 saturated heterocycles. The fourth-order valence-corrected chi connectivity index (χ4v) is 2.63. The Bertz CT molecular complexity index is 807. The Morgan fingerprint density at radius 3 is 2.48 bits per heavy atom. The van der Waals surface area contributed by atoms with Gasteiger partial charge in [0, 0.05) is 11.8 Å². The van der Waals surface area contributed by atoms with Crippen molar-refractivity contribution in [3.8, 4) is 0 Å². The summed E-state index contributed by atoms with van der Waals surface area (Å²) in [6.07, 6.45) is 0.202. The van der Waals surface area contributed by atoms with E-state index in [0.29, 0.717) is 16.5 Å². The van der Waals surface area contributed by atoms with Crippen LogP contribution >= 0.6 is 0 Å². The number of imide groups is 1. The van der Waals surface area contributed by atoms with Crippen molar-refractivity contribution < 1.29 is 9.59 Å². The van der Waals surface area contributed by atoms with Gasteiger partial charge in [0.25, 0.3) is 5.56 Å². The molecule has 1 aliphatic heterocycles. The first kappa shape index (κ1) is 13.5. The Kier molecular flexibility index (Phi) is 2.90. The van der Waals surface area contributed by atoms with Crippen LogP contribution in [0.1, 0.15) is 26.0 Å². The standard InChI is InChI=1S/C15H15N3O3/c1-15(2)7-12(19)18(14(15)21)8-11-9-5-3-4-6-10(9)13(20)17-16-11/h3-6H,7-8H2,1-2H3,(H,17,20). The van der Waals surface area contributed by atoms with Gasteiger partial charge in [-0.3, -0.25) is 19.3 Å². The summed E-state index contributed by atoms with van der Waals surface area (Å²) in [4.78, 5) is 37.2. The molecule has 21 heavy (non-hydrogen) atoms. The number of fused-ring (bicyclic) bond motifs is 1. The Labute approximate surface area is 120 Å². The minimum atomic E-state index is -0.672. The maximum absolute atomic E-state index is 12.3. The Balaban J connectivity index is 2.04. The second-order valence-corrected chi connectivity index (χ2v) is 5.89. The fraction of sp³-hybridized carbons (Fsp3) is 0.333. The van der Waals surface area contributed by atoms with Crippen molar-refractivity contribution in [3.63, 3.8) is 0 Å². The molecule has 1 N–H and O–H groups in total. The van der Waals surface area contributed by atoms with Gasteiger partial charge in [0.1, 0.15) is 0 Å².